The molecule has 0 saturated carbocycles. The van der Waals surface area contributed by atoms with Crippen LogP contribution < -0.4 is 4.72 Å². The minimum Gasteiger partial charge on any atom is -0.462 e. The van der Waals surface area contributed by atoms with E-state index >= 15 is 0 Å². The first-order valence-corrected chi connectivity index (χ1v) is 8.78. The van der Waals surface area contributed by atoms with Crippen LogP contribution in [-0.4, -0.2) is 39.4 Å². The van der Waals surface area contributed by atoms with E-state index in [2.05, 4.69) is 11.6 Å². The molecule has 7 heteroatoms. The molecule has 0 fully saturated rings. The maximum Gasteiger partial charge on any atom is 0.338 e. The number of esters is 1. The van der Waals surface area contributed by atoms with Crippen LogP contribution in [0.1, 0.15) is 43.0 Å². The first-order valence-electron chi connectivity index (χ1n) is 7.34. The number of carbonyl (C=O) groups is 1. The van der Waals surface area contributed by atoms with E-state index in [1.807, 2.05) is 0 Å². The van der Waals surface area contributed by atoms with Crippen molar-refractivity contribution in [3.05, 3.63) is 29.8 Å². The zero-order valence-electron chi connectivity index (χ0n) is 13.3. The van der Waals surface area contributed by atoms with E-state index in [4.69, 9.17) is 4.74 Å². The van der Waals surface area contributed by atoms with Crippen LogP contribution in [0.25, 0.3) is 0 Å². The zero-order valence-corrected chi connectivity index (χ0v) is 14.1. The number of ether oxygens (including phenoxy) is 1. The predicted octanol–water partition coefficient (Wildman–Crippen LogP) is 2.64. The summed E-state index contributed by atoms with van der Waals surface area (Å²) >= 11 is 0. The third-order valence-electron chi connectivity index (χ3n) is 3.08. The smallest absolute Gasteiger partial charge is 0.338 e. The second-order valence-electron chi connectivity index (χ2n) is 5.16. The molecule has 0 aliphatic carbocycles. The Bertz CT molecular complexity index is 568. The highest BCUT2D eigenvalue weighted by molar-refractivity contribution is 7.90. The SMILES string of the molecule is CCCCCCOC(=O)c1ccc(NS(=O)(=O)N(C)C)cc1. The van der Waals surface area contributed by atoms with Crippen molar-refractivity contribution in [3.63, 3.8) is 0 Å². The van der Waals surface area contributed by atoms with Crippen LogP contribution in [0.2, 0.25) is 0 Å². The molecule has 1 aromatic rings. The largest absolute Gasteiger partial charge is 0.462 e. The van der Waals surface area contributed by atoms with Crippen molar-refractivity contribution in [2.75, 3.05) is 25.4 Å². The van der Waals surface area contributed by atoms with Gasteiger partial charge in [-0.05, 0) is 30.7 Å². The van der Waals surface area contributed by atoms with Crippen molar-refractivity contribution in [2.45, 2.75) is 32.6 Å². The van der Waals surface area contributed by atoms with Crippen LogP contribution in [0, 0.1) is 0 Å². The molecule has 0 saturated heterocycles. The fraction of sp³-hybridized carbons (Fsp3) is 0.533. The number of rotatable bonds is 9. The molecule has 0 amide bonds. The summed E-state index contributed by atoms with van der Waals surface area (Å²) < 4.78 is 32.0. The fourth-order valence-corrected chi connectivity index (χ4v) is 2.31. The number of carbonyl (C=O) groups excluding carboxylic acids is 1. The minimum absolute atomic E-state index is 0.390. The summed E-state index contributed by atoms with van der Waals surface area (Å²) in [6.07, 6.45) is 4.19. The lowest BCUT2D eigenvalue weighted by atomic mass is 10.2. The maximum absolute atomic E-state index is 11.8. The van der Waals surface area contributed by atoms with Gasteiger partial charge in [-0.1, -0.05) is 26.2 Å². The van der Waals surface area contributed by atoms with Crippen LogP contribution in [0.3, 0.4) is 0 Å². The number of benzene rings is 1. The average molecular weight is 328 g/mol. The Morgan fingerprint density at radius 1 is 1.14 bits per heavy atom. The number of hydrogen-bond acceptors (Lipinski definition) is 4. The molecule has 0 aliphatic heterocycles. The lowest BCUT2D eigenvalue weighted by Gasteiger charge is -2.13. The molecular weight excluding hydrogens is 304 g/mol. The Morgan fingerprint density at radius 2 is 1.77 bits per heavy atom. The van der Waals surface area contributed by atoms with E-state index < -0.39 is 16.2 Å². The van der Waals surface area contributed by atoms with Crippen molar-refractivity contribution in [3.8, 4) is 0 Å². The van der Waals surface area contributed by atoms with Gasteiger partial charge in [0.1, 0.15) is 0 Å². The van der Waals surface area contributed by atoms with Crippen molar-refractivity contribution < 1.29 is 17.9 Å². The van der Waals surface area contributed by atoms with Crippen molar-refractivity contribution in [2.24, 2.45) is 0 Å². The number of unbranched alkanes of at least 4 members (excludes halogenated alkanes) is 3. The summed E-state index contributed by atoms with van der Waals surface area (Å²) in [6.45, 7) is 2.53. The van der Waals surface area contributed by atoms with Gasteiger partial charge in [-0.2, -0.15) is 12.7 Å². The minimum atomic E-state index is -3.54. The molecule has 6 nitrogen and oxygen atoms in total. The molecule has 22 heavy (non-hydrogen) atoms. The first-order chi connectivity index (χ1) is 10.4. The fourth-order valence-electron chi connectivity index (χ4n) is 1.69. The topological polar surface area (TPSA) is 75.7 Å². The summed E-state index contributed by atoms with van der Waals surface area (Å²) in [6, 6.07) is 6.16. The van der Waals surface area contributed by atoms with Gasteiger partial charge in [0, 0.05) is 19.8 Å². The van der Waals surface area contributed by atoms with Crippen LogP contribution >= 0.6 is 0 Å². The average Bonchev–Trinajstić information content (AvgIpc) is 2.47. The molecule has 0 atom stereocenters. The van der Waals surface area contributed by atoms with E-state index in [1.165, 1.54) is 26.2 Å². The van der Waals surface area contributed by atoms with Gasteiger partial charge in [0.25, 0.3) is 0 Å². The van der Waals surface area contributed by atoms with Gasteiger partial charge in [0.2, 0.25) is 0 Å². The predicted molar refractivity (Wildman–Crippen MR) is 87.1 cm³/mol. The summed E-state index contributed by atoms with van der Waals surface area (Å²) in [5, 5.41) is 0. The summed E-state index contributed by atoms with van der Waals surface area (Å²) in [5.41, 5.74) is 0.802. The molecule has 0 unspecified atom stereocenters. The van der Waals surface area contributed by atoms with Gasteiger partial charge in [0.05, 0.1) is 12.2 Å². The Balaban J connectivity index is 2.52. The monoisotopic (exact) mass is 328 g/mol. The number of nitrogens with one attached hydrogen (secondary N) is 1. The van der Waals surface area contributed by atoms with Gasteiger partial charge in [-0.15, -0.1) is 0 Å². The molecule has 0 radical (unpaired) electrons. The highest BCUT2D eigenvalue weighted by Gasteiger charge is 2.13. The van der Waals surface area contributed by atoms with Gasteiger partial charge in [-0.3, -0.25) is 4.72 Å². The van der Waals surface area contributed by atoms with Crippen molar-refractivity contribution in [1.82, 2.24) is 4.31 Å². The van der Waals surface area contributed by atoms with E-state index in [0.29, 0.717) is 17.9 Å². The van der Waals surface area contributed by atoms with Crippen molar-refractivity contribution >= 4 is 21.9 Å². The Kier molecular flexibility index (Phi) is 7.34. The molecule has 0 aromatic heterocycles. The summed E-state index contributed by atoms with van der Waals surface area (Å²) in [4.78, 5) is 11.8. The number of hydrogen-bond donors (Lipinski definition) is 1. The highest BCUT2D eigenvalue weighted by Crippen LogP contribution is 2.13. The van der Waals surface area contributed by atoms with Crippen molar-refractivity contribution in [1.29, 1.82) is 0 Å². The number of anilines is 1. The molecule has 1 aromatic carbocycles. The zero-order chi connectivity index (χ0) is 16.6. The highest BCUT2D eigenvalue weighted by atomic mass is 32.2. The normalized spacial score (nSPS) is 11.5. The second-order valence-corrected chi connectivity index (χ2v) is 7.05. The van der Waals surface area contributed by atoms with Crippen LogP contribution in [0.15, 0.2) is 24.3 Å². The molecule has 0 heterocycles. The Labute approximate surface area is 132 Å². The lowest BCUT2D eigenvalue weighted by molar-refractivity contribution is 0.0498. The van der Waals surface area contributed by atoms with Gasteiger partial charge in [-0.25, -0.2) is 4.79 Å². The van der Waals surface area contributed by atoms with Gasteiger partial charge < -0.3 is 4.74 Å². The molecule has 0 bridgehead atoms. The lowest BCUT2D eigenvalue weighted by Crippen LogP contribution is -2.28. The van der Waals surface area contributed by atoms with Crippen LogP contribution in [0.4, 0.5) is 5.69 Å². The molecule has 0 spiro atoms. The summed E-state index contributed by atoms with van der Waals surface area (Å²) in [7, 11) is -0.666. The second kappa shape index (κ2) is 8.75. The standard InChI is InChI=1S/C15H24N2O4S/c1-4-5-6-7-12-21-15(18)13-8-10-14(11-9-13)16-22(19,20)17(2)3/h8-11,16H,4-7,12H2,1-3H3. The quantitative estimate of drug-likeness (QED) is 0.558. The third-order valence-corrected chi connectivity index (χ3v) is 4.53. The Hall–Kier alpha value is -1.60. The Morgan fingerprint density at radius 3 is 2.32 bits per heavy atom. The van der Waals surface area contributed by atoms with E-state index in [9.17, 15) is 13.2 Å². The van der Waals surface area contributed by atoms with Crippen LogP contribution in [-0.2, 0) is 14.9 Å². The molecular formula is C15H24N2O4S. The van der Waals surface area contributed by atoms with Gasteiger partial charge >= 0.3 is 16.2 Å². The molecule has 1 N–H and O–H groups in total. The molecule has 124 valence electrons. The maximum atomic E-state index is 11.8. The first kappa shape index (κ1) is 18.4. The summed E-state index contributed by atoms with van der Waals surface area (Å²) in [5.74, 6) is -0.390. The van der Waals surface area contributed by atoms with Crippen LogP contribution in [0.5, 0.6) is 0 Å². The van der Waals surface area contributed by atoms with E-state index in [-0.39, 0.29) is 0 Å². The molecule has 1 rings (SSSR count). The van der Waals surface area contributed by atoms with Gasteiger partial charge in [0.15, 0.2) is 0 Å². The van der Waals surface area contributed by atoms with E-state index in [0.717, 1.165) is 30.0 Å². The third kappa shape index (κ3) is 6.03. The van der Waals surface area contributed by atoms with E-state index in [1.54, 1.807) is 12.1 Å². The molecule has 0 aliphatic rings. The number of nitrogens with zero attached hydrogens (tertiary/aromatic N) is 1.